The van der Waals surface area contributed by atoms with Crippen molar-refractivity contribution in [2.45, 2.75) is 118 Å². The third-order valence-electron chi connectivity index (χ3n) is 4.03. The summed E-state index contributed by atoms with van der Waals surface area (Å²) in [6.07, 6.45) is 7.88. The molecule has 4 nitrogen and oxygen atoms in total. The molecule has 0 amide bonds. The van der Waals surface area contributed by atoms with Gasteiger partial charge in [-0.15, -0.1) is 0 Å². The highest BCUT2D eigenvalue weighted by atomic mass is 31.2. The molecule has 0 aromatic rings. The van der Waals surface area contributed by atoms with E-state index in [1.807, 2.05) is 0 Å². The molecule has 0 aliphatic carbocycles. The van der Waals surface area contributed by atoms with Crippen molar-refractivity contribution in [1.82, 2.24) is 0 Å². The maximum absolute atomic E-state index is 13.3. The van der Waals surface area contributed by atoms with Gasteiger partial charge >= 0.3 is 7.82 Å². The van der Waals surface area contributed by atoms with E-state index in [4.69, 9.17) is 13.6 Å². The van der Waals surface area contributed by atoms with Crippen LogP contribution >= 0.6 is 7.82 Å². The summed E-state index contributed by atoms with van der Waals surface area (Å²) in [5, 5.41) is 0. The highest BCUT2D eigenvalue weighted by Gasteiger charge is 2.35. The Morgan fingerprint density at radius 2 is 0.870 bits per heavy atom. The van der Waals surface area contributed by atoms with Gasteiger partial charge in [-0.25, -0.2) is 4.57 Å². The highest BCUT2D eigenvalue weighted by Crippen LogP contribution is 2.54. The molecule has 3 unspecified atom stereocenters. The third-order valence-corrected chi connectivity index (χ3v) is 5.70. The largest absolute Gasteiger partial charge is 0.475 e. The lowest BCUT2D eigenvalue weighted by Gasteiger charge is -2.29. The van der Waals surface area contributed by atoms with Crippen LogP contribution in [-0.4, -0.2) is 18.3 Å². The van der Waals surface area contributed by atoms with Crippen molar-refractivity contribution in [1.29, 1.82) is 0 Å². The maximum atomic E-state index is 13.3. The van der Waals surface area contributed by atoms with Crippen molar-refractivity contribution in [3.63, 3.8) is 0 Å². The fraction of sp³-hybridized carbons (Fsp3) is 1.00. The van der Waals surface area contributed by atoms with E-state index in [9.17, 15) is 4.57 Å². The number of hydrogen-bond acceptors (Lipinski definition) is 4. The molecule has 0 aromatic heterocycles. The van der Waals surface area contributed by atoms with Gasteiger partial charge in [0.1, 0.15) is 0 Å². The Labute approximate surface area is 144 Å². The molecular formula is C18H39O4P. The normalized spacial score (nSPS) is 18.3. The van der Waals surface area contributed by atoms with Crippen LogP contribution in [0.15, 0.2) is 0 Å². The van der Waals surface area contributed by atoms with Gasteiger partial charge in [-0.05, 0) is 38.5 Å². The summed E-state index contributed by atoms with van der Waals surface area (Å²) in [7, 11) is -3.53. The molecule has 0 bridgehead atoms. The Balaban J connectivity index is 5.10. The molecule has 0 heterocycles. The Hall–Kier alpha value is 0.110. The Morgan fingerprint density at radius 1 is 0.609 bits per heavy atom. The van der Waals surface area contributed by atoms with Gasteiger partial charge < -0.3 is 0 Å². The lowest BCUT2D eigenvalue weighted by atomic mass is 10.2. The van der Waals surface area contributed by atoms with Crippen LogP contribution in [0.25, 0.3) is 0 Å². The van der Waals surface area contributed by atoms with Gasteiger partial charge in [0.05, 0.1) is 18.3 Å². The summed E-state index contributed by atoms with van der Waals surface area (Å²) in [6, 6.07) is 0. The van der Waals surface area contributed by atoms with Gasteiger partial charge in [0, 0.05) is 0 Å². The third kappa shape index (κ3) is 9.86. The average Bonchev–Trinajstić information content (AvgIpc) is 2.53. The SMILES string of the molecule is CCCC(CC)OP(=O)(OC(CC)CCC)OC(CC)CCC. The molecule has 0 saturated carbocycles. The van der Waals surface area contributed by atoms with Crippen LogP contribution in [0.2, 0.25) is 0 Å². The lowest BCUT2D eigenvalue weighted by Crippen LogP contribution is -2.20. The van der Waals surface area contributed by atoms with Crippen LogP contribution in [0.1, 0.15) is 99.3 Å². The molecule has 23 heavy (non-hydrogen) atoms. The van der Waals surface area contributed by atoms with Gasteiger partial charge in [-0.2, -0.15) is 0 Å². The van der Waals surface area contributed by atoms with Crippen LogP contribution in [0.5, 0.6) is 0 Å². The standard InChI is InChI=1S/C18H39O4P/c1-7-13-16(10-4)20-23(19,21-17(11-5)14-8-2)22-18(12-6)15-9-3/h16-18H,7-15H2,1-6H3. The Bertz CT molecular complexity index is 275. The molecule has 0 rings (SSSR count). The summed E-state index contributed by atoms with van der Waals surface area (Å²) in [5.74, 6) is 0. The summed E-state index contributed by atoms with van der Waals surface area (Å²) >= 11 is 0. The topological polar surface area (TPSA) is 44.8 Å². The first-order valence-corrected chi connectivity index (χ1v) is 11.1. The van der Waals surface area contributed by atoms with Crippen molar-refractivity contribution in [2.75, 3.05) is 0 Å². The molecule has 0 N–H and O–H groups in total. The zero-order valence-corrected chi connectivity index (χ0v) is 17.1. The smallest absolute Gasteiger partial charge is 0.284 e. The molecule has 0 saturated heterocycles. The molecule has 0 spiro atoms. The average molecular weight is 350 g/mol. The Morgan fingerprint density at radius 3 is 1.04 bits per heavy atom. The fourth-order valence-electron chi connectivity index (χ4n) is 2.58. The van der Waals surface area contributed by atoms with E-state index in [0.717, 1.165) is 57.8 Å². The molecule has 0 aliphatic heterocycles. The molecule has 0 aliphatic rings. The quantitative estimate of drug-likeness (QED) is 0.302. The van der Waals surface area contributed by atoms with E-state index in [0.29, 0.717) is 0 Å². The first kappa shape index (κ1) is 23.1. The summed E-state index contributed by atoms with van der Waals surface area (Å²) in [5.41, 5.74) is 0. The second kappa shape index (κ2) is 13.4. The van der Waals surface area contributed by atoms with Crippen molar-refractivity contribution in [2.24, 2.45) is 0 Å². The van der Waals surface area contributed by atoms with E-state index in [1.165, 1.54) is 0 Å². The predicted octanol–water partition coefficient (Wildman–Crippen LogP) is 6.88. The summed E-state index contributed by atoms with van der Waals surface area (Å²) in [4.78, 5) is 0. The van der Waals surface area contributed by atoms with Crippen molar-refractivity contribution >= 4 is 7.82 Å². The lowest BCUT2D eigenvalue weighted by molar-refractivity contribution is 0.0216. The summed E-state index contributed by atoms with van der Waals surface area (Å²) < 4.78 is 31.0. The zero-order chi connectivity index (χ0) is 17.7. The van der Waals surface area contributed by atoms with Crippen LogP contribution in [-0.2, 0) is 18.1 Å². The van der Waals surface area contributed by atoms with Gasteiger partial charge in [0.2, 0.25) is 0 Å². The number of phosphoric ester groups is 1. The van der Waals surface area contributed by atoms with Gasteiger partial charge in [-0.3, -0.25) is 13.6 Å². The minimum atomic E-state index is -3.53. The minimum absolute atomic E-state index is 0.0656. The van der Waals surface area contributed by atoms with Crippen LogP contribution in [0.4, 0.5) is 0 Å². The van der Waals surface area contributed by atoms with Crippen LogP contribution in [0, 0.1) is 0 Å². The number of phosphoric acid groups is 1. The molecule has 3 atom stereocenters. The van der Waals surface area contributed by atoms with Crippen LogP contribution in [0.3, 0.4) is 0 Å². The summed E-state index contributed by atoms with van der Waals surface area (Å²) in [6.45, 7) is 12.5. The fourth-order valence-corrected chi connectivity index (χ4v) is 4.59. The van der Waals surface area contributed by atoms with E-state index >= 15 is 0 Å². The number of hydrogen-bond donors (Lipinski definition) is 0. The molecule has 5 heteroatoms. The van der Waals surface area contributed by atoms with Gasteiger partial charge in [0.25, 0.3) is 0 Å². The van der Waals surface area contributed by atoms with Crippen molar-refractivity contribution in [3.05, 3.63) is 0 Å². The molecule has 140 valence electrons. The van der Waals surface area contributed by atoms with Crippen LogP contribution < -0.4 is 0 Å². The highest BCUT2D eigenvalue weighted by molar-refractivity contribution is 7.48. The van der Waals surface area contributed by atoms with Gasteiger partial charge in [0.15, 0.2) is 0 Å². The minimum Gasteiger partial charge on any atom is -0.284 e. The van der Waals surface area contributed by atoms with E-state index in [2.05, 4.69) is 41.5 Å². The molecule has 0 fully saturated rings. The first-order valence-electron chi connectivity index (χ1n) is 9.63. The van der Waals surface area contributed by atoms with Crippen molar-refractivity contribution in [3.8, 4) is 0 Å². The molecule has 0 radical (unpaired) electrons. The molecular weight excluding hydrogens is 311 g/mol. The predicted molar refractivity (Wildman–Crippen MR) is 97.8 cm³/mol. The van der Waals surface area contributed by atoms with E-state index in [-0.39, 0.29) is 18.3 Å². The van der Waals surface area contributed by atoms with E-state index < -0.39 is 7.82 Å². The maximum Gasteiger partial charge on any atom is 0.475 e. The van der Waals surface area contributed by atoms with Crippen molar-refractivity contribution < 1.29 is 18.1 Å². The van der Waals surface area contributed by atoms with E-state index in [1.54, 1.807) is 0 Å². The Kier molecular flexibility index (Phi) is 13.5. The number of rotatable bonds is 15. The second-order valence-corrected chi connectivity index (χ2v) is 7.75. The monoisotopic (exact) mass is 350 g/mol. The first-order chi connectivity index (χ1) is 11.0. The van der Waals surface area contributed by atoms with Gasteiger partial charge in [-0.1, -0.05) is 60.8 Å². The molecule has 0 aromatic carbocycles. The zero-order valence-electron chi connectivity index (χ0n) is 16.2. The second-order valence-electron chi connectivity index (χ2n) is 6.22.